The van der Waals surface area contributed by atoms with Crippen LogP contribution in [0.4, 0.5) is 5.82 Å². The Hall–Kier alpha value is -4.81. The number of carbonyl (C=O) groups excluding carboxylic acids is 3. The maximum atomic E-state index is 12.7. The molecule has 1 aromatic carbocycles. The lowest BCUT2D eigenvalue weighted by molar-refractivity contribution is -0.137. The molecule has 0 radical (unpaired) electrons. The summed E-state index contributed by atoms with van der Waals surface area (Å²) < 4.78 is 62.1. The highest BCUT2D eigenvalue weighted by molar-refractivity contribution is 8.14. The number of benzene rings is 1. The van der Waals surface area contributed by atoms with Crippen LogP contribution < -0.4 is 16.4 Å². The number of nitrogens with one attached hydrogen (secondary N) is 2. The minimum atomic E-state index is -5.65. The first kappa shape index (κ1) is 52.8. The number of fused-ring (bicyclic) bond motifs is 1. The second-order valence-corrected chi connectivity index (χ2v) is 19.4. The van der Waals surface area contributed by atoms with Gasteiger partial charge < -0.3 is 66.2 Å². The standard InChI is InChI=1S/C31H40N7O23P3S/c1-31(2,22(41)25(42)34-4-3-18(39)33-5-6-65-30(49)16-8-14(28(45)46)13(27(43)44)7-15(16)29(47)48)10-58-64(55,56)61-63(53,54)57-9-17-21(60-62(50,51)52)20(40)26(59-17)38-12-37-19-23(32)35-11-36-24(19)38/h7-8,11-12,17,20-22,26,40-41H,3-6,9-10H2,1-2H3,(H,33,39)(H,34,42)(H,43,44)(H,45,46)(H,47,48)(H,53,54)(H,55,56)(H2,32,35,36)(H2,50,51,52). The first-order valence-electron chi connectivity index (χ1n) is 18.0. The number of aromatic carboxylic acids is 3. The van der Waals surface area contributed by atoms with E-state index in [9.17, 15) is 87.6 Å². The van der Waals surface area contributed by atoms with Crippen molar-refractivity contribution in [3.8, 4) is 0 Å². The van der Waals surface area contributed by atoms with Crippen molar-refractivity contribution in [3.05, 3.63) is 47.0 Å². The van der Waals surface area contributed by atoms with Gasteiger partial charge in [-0.2, -0.15) is 4.31 Å². The number of carboxylic acid groups (broad SMARTS) is 3. The van der Waals surface area contributed by atoms with E-state index in [2.05, 4.69) is 34.4 Å². The fourth-order valence-corrected chi connectivity index (χ4v) is 9.19. The molecule has 7 atom stereocenters. The minimum Gasteiger partial charge on any atom is -0.478 e. The molecule has 34 heteroatoms. The summed E-state index contributed by atoms with van der Waals surface area (Å²) in [6, 6.07) is 1.17. The first-order valence-corrected chi connectivity index (χ1v) is 23.5. The Morgan fingerprint density at radius 1 is 0.892 bits per heavy atom. The van der Waals surface area contributed by atoms with E-state index in [1.54, 1.807) is 0 Å². The SMILES string of the molecule is CC(C)(COP(=O)(O)OP(=O)(O)OCC1OC(n2cnc3c(N)ncnc32)C(O)C1OP(=O)(O)O)C(O)C(=O)NCCC(=O)NCCSC(=O)c1cc(C(=O)O)c(C(=O)O)cc1C(=O)O. The zero-order valence-corrected chi connectivity index (χ0v) is 36.8. The average molecular weight is 1000 g/mol. The van der Waals surface area contributed by atoms with E-state index in [4.69, 9.17) is 19.5 Å². The van der Waals surface area contributed by atoms with Gasteiger partial charge in [0.15, 0.2) is 17.7 Å². The molecule has 30 nitrogen and oxygen atoms in total. The highest BCUT2D eigenvalue weighted by atomic mass is 32.2. The van der Waals surface area contributed by atoms with Crippen LogP contribution in [0.2, 0.25) is 0 Å². The van der Waals surface area contributed by atoms with E-state index in [0.29, 0.717) is 23.9 Å². The fraction of sp³-hybridized carbons (Fsp3) is 0.452. The van der Waals surface area contributed by atoms with Crippen LogP contribution in [0.1, 0.15) is 67.9 Å². The van der Waals surface area contributed by atoms with E-state index in [1.807, 2.05) is 0 Å². The van der Waals surface area contributed by atoms with Crippen molar-refractivity contribution in [2.45, 2.75) is 50.9 Å². The molecule has 3 heterocycles. The number of nitrogens with two attached hydrogens (primary N) is 1. The predicted molar refractivity (Wildman–Crippen MR) is 214 cm³/mol. The van der Waals surface area contributed by atoms with Gasteiger partial charge in [-0.05, 0) is 12.1 Å². The second-order valence-electron chi connectivity index (χ2n) is 14.1. The number of aromatic nitrogens is 4. The summed E-state index contributed by atoms with van der Waals surface area (Å²) >= 11 is 0.486. The molecule has 358 valence electrons. The summed E-state index contributed by atoms with van der Waals surface area (Å²) in [4.78, 5) is 123. The summed E-state index contributed by atoms with van der Waals surface area (Å²) in [5.74, 6) is -7.17. The Labute approximate surface area is 367 Å². The van der Waals surface area contributed by atoms with E-state index in [0.717, 1.165) is 17.2 Å². The number of hydrogen-bond donors (Lipinski definition) is 12. The number of phosphoric ester groups is 3. The lowest BCUT2D eigenvalue weighted by atomic mass is 9.87. The zero-order chi connectivity index (χ0) is 48.8. The molecule has 4 rings (SSSR count). The van der Waals surface area contributed by atoms with E-state index < -0.39 is 130 Å². The number of carboxylic acids is 3. The van der Waals surface area contributed by atoms with Gasteiger partial charge >= 0.3 is 41.4 Å². The van der Waals surface area contributed by atoms with Gasteiger partial charge in [0.2, 0.25) is 16.9 Å². The van der Waals surface area contributed by atoms with Gasteiger partial charge in [-0.15, -0.1) is 0 Å². The zero-order valence-electron chi connectivity index (χ0n) is 33.3. The summed E-state index contributed by atoms with van der Waals surface area (Å²) in [6.45, 7) is -0.388. The van der Waals surface area contributed by atoms with Gasteiger partial charge in [-0.3, -0.25) is 32.5 Å². The summed E-state index contributed by atoms with van der Waals surface area (Å²) in [7, 11) is -16.6. The van der Waals surface area contributed by atoms with Crippen molar-refractivity contribution >= 4 is 87.0 Å². The molecule has 13 N–H and O–H groups in total. The van der Waals surface area contributed by atoms with Crippen molar-refractivity contribution in [1.29, 1.82) is 0 Å². The summed E-state index contributed by atoms with van der Waals surface area (Å²) in [5, 5.41) is 53.1. The number of amides is 2. The van der Waals surface area contributed by atoms with E-state index >= 15 is 0 Å². The lowest BCUT2D eigenvalue weighted by Crippen LogP contribution is -2.46. The number of aliphatic hydroxyl groups excluding tert-OH is 2. The summed E-state index contributed by atoms with van der Waals surface area (Å²) in [6.07, 6.45) is -7.50. The van der Waals surface area contributed by atoms with Gasteiger partial charge in [0, 0.05) is 36.2 Å². The van der Waals surface area contributed by atoms with Crippen molar-refractivity contribution in [2.24, 2.45) is 5.41 Å². The molecule has 7 unspecified atom stereocenters. The molecule has 0 spiro atoms. The van der Waals surface area contributed by atoms with Crippen LogP contribution in [0.5, 0.6) is 0 Å². The maximum absolute atomic E-state index is 12.7. The van der Waals surface area contributed by atoms with Gasteiger partial charge in [0.25, 0.3) is 0 Å². The molecule has 65 heavy (non-hydrogen) atoms. The summed E-state index contributed by atoms with van der Waals surface area (Å²) in [5.41, 5.74) is 1.05. The van der Waals surface area contributed by atoms with E-state index in [1.165, 1.54) is 13.8 Å². The molecule has 1 fully saturated rings. The van der Waals surface area contributed by atoms with E-state index in [-0.39, 0.29) is 42.2 Å². The number of thioether (sulfide) groups is 1. The largest absolute Gasteiger partial charge is 0.481 e. The van der Waals surface area contributed by atoms with Crippen molar-refractivity contribution in [1.82, 2.24) is 30.2 Å². The highest BCUT2D eigenvalue weighted by Gasteiger charge is 2.50. The number of nitrogen functional groups attached to an aromatic ring is 1. The molecule has 2 amide bonds. The Bertz CT molecular complexity index is 2480. The van der Waals surface area contributed by atoms with Crippen LogP contribution >= 0.6 is 35.2 Å². The topological polar surface area (TPSA) is 476 Å². The molecule has 3 aromatic rings. The molecule has 0 bridgehead atoms. The average Bonchev–Trinajstić information content (AvgIpc) is 3.76. The van der Waals surface area contributed by atoms with Crippen LogP contribution in [0.15, 0.2) is 24.8 Å². The molecule has 1 aliphatic rings. The molecule has 2 aromatic heterocycles. The molecule has 0 saturated carbocycles. The van der Waals surface area contributed by atoms with Crippen molar-refractivity contribution in [2.75, 3.05) is 37.8 Å². The highest BCUT2D eigenvalue weighted by Crippen LogP contribution is 2.61. The molecule has 0 aliphatic carbocycles. The third-order valence-electron chi connectivity index (χ3n) is 8.80. The molecular weight excluding hydrogens is 963 g/mol. The van der Waals surface area contributed by atoms with Gasteiger partial charge in [-0.25, -0.2) is 43.0 Å². The normalized spacial score (nSPS) is 20.1. The van der Waals surface area contributed by atoms with Crippen LogP contribution in [-0.4, -0.2) is 156 Å². The van der Waals surface area contributed by atoms with Crippen LogP contribution in [0, 0.1) is 5.41 Å². The number of hydrogen-bond acceptors (Lipinski definition) is 21. The molecule has 1 aliphatic heterocycles. The predicted octanol–water partition coefficient (Wildman–Crippen LogP) is -0.927. The smallest absolute Gasteiger partial charge is 0.478 e. The van der Waals surface area contributed by atoms with Gasteiger partial charge in [0.05, 0.1) is 36.2 Å². The third kappa shape index (κ3) is 14.1. The second kappa shape index (κ2) is 21.2. The Morgan fingerprint density at radius 3 is 2.08 bits per heavy atom. The Kier molecular flexibility index (Phi) is 17.2. The number of imidazole rings is 1. The number of rotatable bonds is 23. The molecule has 1 saturated heterocycles. The number of ether oxygens (including phenoxy) is 1. The monoisotopic (exact) mass is 1000 g/mol. The van der Waals surface area contributed by atoms with Crippen LogP contribution in [0.3, 0.4) is 0 Å². The van der Waals surface area contributed by atoms with Crippen LogP contribution in [0.25, 0.3) is 11.2 Å². The Balaban J connectivity index is 1.23. The minimum absolute atomic E-state index is 0.00400. The number of aliphatic hydroxyl groups is 2. The van der Waals surface area contributed by atoms with Gasteiger partial charge in [0.1, 0.15) is 36.3 Å². The quantitative estimate of drug-likeness (QED) is 0.0403. The van der Waals surface area contributed by atoms with Crippen LogP contribution in [-0.2, 0) is 45.9 Å². The maximum Gasteiger partial charge on any atom is 0.481 e. The number of nitrogens with zero attached hydrogens (tertiary/aromatic N) is 4. The van der Waals surface area contributed by atoms with Crippen molar-refractivity contribution in [3.63, 3.8) is 0 Å². The molecular formula is C31H40N7O23P3S. The number of phosphoric acid groups is 3. The third-order valence-corrected chi connectivity index (χ3v) is 12.8. The lowest BCUT2D eigenvalue weighted by Gasteiger charge is -2.30. The van der Waals surface area contributed by atoms with Gasteiger partial charge in [-0.1, -0.05) is 25.6 Å². The number of carbonyl (C=O) groups is 6. The fourth-order valence-electron chi connectivity index (χ4n) is 5.65. The van der Waals surface area contributed by atoms with Crippen molar-refractivity contribution < 1.29 is 110 Å². The number of anilines is 1. The first-order chi connectivity index (χ1) is 30.0. The Morgan fingerprint density at radius 2 is 1.48 bits per heavy atom.